The molecule has 0 bridgehead atoms. The fourth-order valence-electron chi connectivity index (χ4n) is 0.799. The summed E-state index contributed by atoms with van der Waals surface area (Å²) in [6.45, 7) is 2.64. The molecule has 31 heavy (non-hydrogen) atoms. The number of hydrogen-bond donors (Lipinski definition) is 0. The molecule has 0 amide bonds. The zero-order valence-electron chi connectivity index (χ0n) is 15.4. The number of hydrogen-bond acceptors (Lipinski definition) is 6. The maximum absolute atomic E-state index is 11.3. The Bertz CT molecular complexity index is 606. The Hall–Kier alpha value is -2.48. The molecule has 0 aromatic carbocycles. The molecule has 6 nitrogen and oxygen atoms in total. The maximum Gasteiger partial charge on any atom is 3.00 e. The number of alkyl halides is 9. The first-order valence-corrected chi connectivity index (χ1v) is 6.91. The maximum atomic E-state index is 11.3. The van der Waals surface area contributed by atoms with Gasteiger partial charge in [0.25, 0.3) is 0 Å². The van der Waals surface area contributed by atoms with Gasteiger partial charge in [0.1, 0.15) is 0 Å². The van der Waals surface area contributed by atoms with Crippen molar-refractivity contribution in [1.29, 1.82) is 0 Å². The van der Waals surface area contributed by atoms with Gasteiger partial charge in [-0.05, 0) is 56.3 Å². The summed E-state index contributed by atoms with van der Waals surface area (Å²) in [5.41, 5.74) is 0. The molecule has 179 valence electrons. The van der Waals surface area contributed by atoms with Crippen LogP contribution in [0.5, 0.6) is 0 Å². The topological polar surface area (TPSA) is 120 Å². The zero-order valence-corrected chi connectivity index (χ0v) is 16.5. The molecular weight excluding hydrogens is 503 g/mol. The van der Waals surface area contributed by atoms with Crippen molar-refractivity contribution in [3.63, 3.8) is 0 Å². The Kier molecular flexibility index (Phi) is 16.8. The minimum atomic E-state index is -4.92. The van der Waals surface area contributed by atoms with Gasteiger partial charge in [-0.3, -0.25) is 14.4 Å². The molecule has 16 heteroatoms. The summed E-state index contributed by atoms with van der Waals surface area (Å²) in [4.78, 5) is 29.8. The van der Waals surface area contributed by atoms with Crippen LogP contribution in [0.15, 0.2) is 35.5 Å². The van der Waals surface area contributed by atoms with E-state index in [0.29, 0.717) is 0 Å². The number of carbonyl (C=O) groups is 3. The predicted molar refractivity (Wildman–Crippen MR) is 74.5 cm³/mol. The fourth-order valence-corrected chi connectivity index (χ4v) is 0.799. The summed E-state index contributed by atoms with van der Waals surface area (Å²) in [5, 5.41) is 29.6. The summed E-state index contributed by atoms with van der Waals surface area (Å²) in [6.07, 6.45) is -14.7. The summed E-state index contributed by atoms with van der Waals surface area (Å²) >= 11 is 0. The van der Waals surface area contributed by atoms with Crippen molar-refractivity contribution in [2.24, 2.45) is 0 Å². The van der Waals surface area contributed by atoms with Crippen LogP contribution in [0.2, 0.25) is 0 Å². The van der Waals surface area contributed by atoms with Crippen LogP contribution in [0.3, 0.4) is 0 Å². The van der Waals surface area contributed by atoms with E-state index in [-0.39, 0.29) is 35.3 Å². The molecule has 0 aliphatic heterocycles. The molecule has 0 saturated carbocycles. The van der Waals surface area contributed by atoms with E-state index in [1.54, 1.807) is 0 Å². The van der Waals surface area contributed by atoms with Crippen LogP contribution in [0, 0.1) is 0 Å². The van der Waals surface area contributed by atoms with Crippen molar-refractivity contribution in [2.75, 3.05) is 0 Å². The van der Waals surface area contributed by atoms with Crippen LogP contribution < -0.4 is 15.3 Å². The van der Waals surface area contributed by atoms with Crippen LogP contribution >= 0.6 is 0 Å². The van der Waals surface area contributed by atoms with Crippen LogP contribution in [0.25, 0.3) is 0 Å². The monoisotopic (exact) mass is 515 g/mol. The Morgan fingerprint density at radius 1 is 0.516 bits per heavy atom. The third kappa shape index (κ3) is 23.7. The Balaban J connectivity index is -0.000000174. The van der Waals surface area contributed by atoms with E-state index in [2.05, 4.69) is 0 Å². The second-order valence-electron chi connectivity index (χ2n) is 4.85. The molecule has 0 rings (SSSR count). The van der Waals surface area contributed by atoms with E-state index in [4.69, 9.17) is 0 Å². The average molecular weight is 515 g/mol. The quantitative estimate of drug-likeness (QED) is 0.241. The second-order valence-corrected chi connectivity index (χ2v) is 4.85. The van der Waals surface area contributed by atoms with Gasteiger partial charge in [0.2, 0.25) is 0 Å². The van der Waals surface area contributed by atoms with Gasteiger partial charge in [0.15, 0.2) is 17.3 Å². The molecule has 0 unspecified atom stereocenters. The van der Waals surface area contributed by atoms with Crippen molar-refractivity contribution in [2.45, 2.75) is 39.3 Å². The summed E-state index contributed by atoms with van der Waals surface area (Å²) in [5.74, 6) is -9.04. The van der Waals surface area contributed by atoms with Gasteiger partial charge in [-0.1, -0.05) is 0 Å². The van der Waals surface area contributed by atoms with E-state index in [9.17, 15) is 69.2 Å². The van der Waals surface area contributed by atoms with Gasteiger partial charge in [0.05, 0.1) is 0 Å². The zero-order chi connectivity index (χ0) is 25.1. The minimum Gasteiger partial charge on any atom is -0.869 e. The van der Waals surface area contributed by atoms with E-state index in [1.165, 1.54) is 0 Å². The number of rotatable bonds is 3. The molecule has 0 aliphatic carbocycles. The van der Waals surface area contributed by atoms with Crippen molar-refractivity contribution in [1.82, 2.24) is 0 Å². The SMILES string of the molecule is CC(=O)/C=C(/[O-])C(F)(F)F.CC(=O)/C=C(/[O-])C(F)(F)F.CC(=O)/C=C(\[O-])C(F)(F)F.[Fe+3]. The molecule has 1 radical (unpaired) electrons. The first-order valence-electron chi connectivity index (χ1n) is 6.91. The standard InChI is InChI=1S/3C5H5F3O2.Fe/c3*1-3(9)2-4(10)5(6,7)8;/h3*2,10H,1H3;/q;;;+3/p-3/b2*4-2+;4-2-;. The first-order chi connectivity index (χ1) is 13.0. The van der Waals surface area contributed by atoms with Crippen LogP contribution in [-0.4, -0.2) is 35.9 Å². The van der Waals surface area contributed by atoms with Gasteiger partial charge >= 0.3 is 35.6 Å². The van der Waals surface area contributed by atoms with Crippen LogP contribution in [0.1, 0.15) is 20.8 Å². The van der Waals surface area contributed by atoms with Gasteiger partial charge in [-0.2, -0.15) is 39.5 Å². The Morgan fingerprint density at radius 2 is 0.645 bits per heavy atom. The third-order valence-corrected chi connectivity index (χ3v) is 1.84. The van der Waals surface area contributed by atoms with Crippen molar-refractivity contribution in [3.8, 4) is 0 Å². The Labute approximate surface area is 179 Å². The van der Waals surface area contributed by atoms with E-state index >= 15 is 0 Å². The molecule has 0 atom stereocenters. The van der Waals surface area contributed by atoms with E-state index in [1.807, 2.05) is 0 Å². The molecular formula is C15H12F9FeO6. The van der Waals surface area contributed by atoms with Gasteiger partial charge < -0.3 is 15.3 Å². The average Bonchev–Trinajstić information content (AvgIpc) is 2.43. The minimum absolute atomic E-state index is 0. The van der Waals surface area contributed by atoms with E-state index in [0.717, 1.165) is 20.8 Å². The molecule has 0 aromatic rings. The molecule has 0 heterocycles. The molecule has 0 fully saturated rings. The third-order valence-electron chi connectivity index (χ3n) is 1.84. The van der Waals surface area contributed by atoms with Crippen LogP contribution in [-0.2, 0) is 31.5 Å². The van der Waals surface area contributed by atoms with Gasteiger partial charge in [0, 0.05) is 0 Å². The molecule has 0 aliphatic rings. The number of carbonyl (C=O) groups excluding carboxylic acids is 3. The summed E-state index contributed by atoms with van der Waals surface area (Å²) in [7, 11) is 0. The molecule has 0 aromatic heterocycles. The van der Waals surface area contributed by atoms with E-state index < -0.39 is 53.2 Å². The molecule has 0 N–H and O–H groups in total. The summed E-state index contributed by atoms with van der Waals surface area (Å²) < 4.78 is 101. The summed E-state index contributed by atoms with van der Waals surface area (Å²) in [6, 6.07) is 0. The molecule has 0 spiro atoms. The fraction of sp³-hybridized carbons (Fsp3) is 0.400. The second kappa shape index (κ2) is 14.5. The normalized spacial score (nSPS) is 13.0. The first kappa shape index (κ1) is 35.9. The van der Waals surface area contributed by atoms with Gasteiger partial charge in [-0.15, -0.1) is 0 Å². The predicted octanol–water partition coefficient (Wildman–Crippen LogP) is 1.14. The largest absolute Gasteiger partial charge is 3.00 e. The van der Waals surface area contributed by atoms with Gasteiger partial charge in [-0.25, -0.2) is 0 Å². The van der Waals surface area contributed by atoms with Crippen LogP contribution in [0.4, 0.5) is 39.5 Å². The number of halogens is 9. The van der Waals surface area contributed by atoms with Crippen molar-refractivity contribution < 1.29 is 86.3 Å². The van der Waals surface area contributed by atoms with Crippen molar-refractivity contribution in [3.05, 3.63) is 35.5 Å². The number of ketones is 3. The van der Waals surface area contributed by atoms with Crippen molar-refractivity contribution >= 4 is 17.3 Å². The smallest absolute Gasteiger partial charge is 0.869 e. The Morgan fingerprint density at radius 3 is 0.677 bits per heavy atom. The number of allylic oxidation sites excluding steroid dienone is 6. The molecule has 0 saturated heterocycles.